The number of carbonyl (C=O) groups is 1. The summed E-state index contributed by atoms with van der Waals surface area (Å²) in [5, 5.41) is 1.22. The monoisotopic (exact) mass is 417 g/mol. The number of piperidine rings is 1. The van der Waals surface area contributed by atoms with Crippen molar-refractivity contribution in [3.8, 4) is 0 Å². The third-order valence-electron chi connectivity index (χ3n) is 6.23. The number of thiazole rings is 1. The maximum Gasteiger partial charge on any atom is 0.237 e. The van der Waals surface area contributed by atoms with Gasteiger partial charge in [0.15, 0.2) is 0 Å². The summed E-state index contributed by atoms with van der Waals surface area (Å²) in [6.45, 7) is 4.00. The number of hydrogen-bond acceptors (Lipinski definition) is 4. The van der Waals surface area contributed by atoms with Crippen LogP contribution in [-0.2, 0) is 4.79 Å². The lowest BCUT2D eigenvalue weighted by atomic mass is 9.98. The van der Waals surface area contributed by atoms with Gasteiger partial charge in [0.05, 0.1) is 21.8 Å². The van der Waals surface area contributed by atoms with Gasteiger partial charge in [-0.05, 0) is 49.1 Å². The molecule has 0 unspecified atom stereocenters. The molecule has 0 saturated carbocycles. The number of fused-ring (bicyclic) bond motifs is 1. The van der Waals surface area contributed by atoms with Crippen LogP contribution < -0.4 is 0 Å². The van der Waals surface area contributed by atoms with Gasteiger partial charge in [-0.25, -0.2) is 4.98 Å². The summed E-state index contributed by atoms with van der Waals surface area (Å²) in [4.78, 5) is 22.1. The van der Waals surface area contributed by atoms with E-state index in [2.05, 4.69) is 53.4 Å². The highest BCUT2D eigenvalue weighted by molar-refractivity contribution is 7.18. The minimum atomic E-state index is 0.253. The molecule has 1 fully saturated rings. The van der Waals surface area contributed by atoms with E-state index in [1.807, 2.05) is 28.4 Å². The van der Waals surface area contributed by atoms with Crippen LogP contribution in [0.3, 0.4) is 0 Å². The Kier molecular flexibility index (Phi) is 5.65. The smallest absolute Gasteiger partial charge is 0.237 e. The average Bonchev–Trinajstić information content (AvgIpc) is 3.24. The van der Waals surface area contributed by atoms with Crippen LogP contribution in [0.1, 0.15) is 35.8 Å². The van der Waals surface area contributed by atoms with Crippen LogP contribution in [0.5, 0.6) is 0 Å². The Hall–Kier alpha value is -2.50. The number of hydrogen-bond donors (Lipinski definition) is 0. The molecule has 1 atom stereocenters. The fourth-order valence-corrected chi connectivity index (χ4v) is 5.66. The van der Waals surface area contributed by atoms with E-state index in [0.29, 0.717) is 12.5 Å². The molecule has 2 aromatic carbocycles. The van der Waals surface area contributed by atoms with Gasteiger partial charge >= 0.3 is 0 Å². The lowest BCUT2D eigenvalue weighted by molar-refractivity contribution is -0.132. The number of likely N-dealkylation sites (tertiary alicyclic amines) is 1. The van der Waals surface area contributed by atoms with Crippen molar-refractivity contribution in [2.45, 2.75) is 25.2 Å². The summed E-state index contributed by atoms with van der Waals surface area (Å²) in [5.41, 5.74) is 3.73. The van der Waals surface area contributed by atoms with E-state index in [0.717, 1.165) is 51.0 Å². The Balaban J connectivity index is 1.19. The van der Waals surface area contributed by atoms with Gasteiger partial charge in [0, 0.05) is 25.6 Å². The second kappa shape index (κ2) is 8.70. The van der Waals surface area contributed by atoms with Crippen molar-refractivity contribution in [2.24, 2.45) is 0 Å². The second-order valence-corrected chi connectivity index (χ2v) is 9.34. The molecule has 0 spiro atoms. The topological polar surface area (TPSA) is 36.4 Å². The lowest BCUT2D eigenvalue weighted by Gasteiger charge is -2.34. The van der Waals surface area contributed by atoms with Crippen molar-refractivity contribution in [1.29, 1.82) is 0 Å². The molecular formula is C25H27N3OS. The molecule has 0 aliphatic carbocycles. The molecule has 0 bridgehead atoms. The van der Waals surface area contributed by atoms with E-state index in [-0.39, 0.29) is 5.91 Å². The standard InChI is InChI=1S/C25H27N3OS/c29-24(28-15-12-20(13-16-28)19-7-2-1-3-8-19)18-27-14-6-9-21(17-27)25-26-22-10-4-5-11-23(22)30-25/h1-5,7-8,10-12,21H,6,9,13-18H2/t21-/m0/s1. The summed E-state index contributed by atoms with van der Waals surface area (Å²) in [6, 6.07) is 18.9. The van der Waals surface area contributed by atoms with Gasteiger partial charge in [-0.2, -0.15) is 0 Å². The normalized spacial score (nSPS) is 20.3. The van der Waals surface area contributed by atoms with Crippen molar-refractivity contribution in [3.05, 3.63) is 71.2 Å². The SMILES string of the molecule is O=C(CN1CCC[C@H](c2nc3ccccc3s2)C1)N1CC=C(c2ccccc2)CC1. The third kappa shape index (κ3) is 4.18. The van der Waals surface area contributed by atoms with Crippen LogP contribution in [0.25, 0.3) is 15.8 Å². The summed E-state index contributed by atoms with van der Waals surface area (Å²) in [5.74, 6) is 0.693. The first kappa shape index (κ1) is 19.5. The van der Waals surface area contributed by atoms with Crippen LogP contribution in [0, 0.1) is 0 Å². The molecule has 0 radical (unpaired) electrons. The van der Waals surface area contributed by atoms with Crippen LogP contribution in [-0.4, -0.2) is 53.4 Å². The first-order chi connectivity index (χ1) is 14.8. The number of benzene rings is 2. The highest BCUT2D eigenvalue weighted by atomic mass is 32.1. The Morgan fingerprint density at radius 3 is 2.70 bits per heavy atom. The Labute approximate surface area is 181 Å². The fraction of sp³-hybridized carbons (Fsp3) is 0.360. The molecule has 3 heterocycles. The summed E-state index contributed by atoms with van der Waals surface area (Å²) in [7, 11) is 0. The molecule has 2 aliphatic heterocycles. The molecule has 1 aromatic heterocycles. The number of aromatic nitrogens is 1. The lowest BCUT2D eigenvalue weighted by Crippen LogP contribution is -2.45. The van der Waals surface area contributed by atoms with Gasteiger partial charge in [0.1, 0.15) is 0 Å². The highest BCUT2D eigenvalue weighted by Gasteiger charge is 2.27. The zero-order chi connectivity index (χ0) is 20.3. The van der Waals surface area contributed by atoms with Crippen molar-refractivity contribution >= 4 is 33.0 Å². The van der Waals surface area contributed by atoms with Gasteiger partial charge in [-0.3, -0.25) is 9.69 Å². The van der Waals surface area contributed by atoms with E-state index in [4.69, 9.17) is 4.98 Å². The van der Waals surface area contributed by atoms with Crippen LogP contribution in [0.4, 0.5) is 0 Å². The van der Waals surface area contributed by atoms with Crippen molar-refractivity contribution in [3.63, 3.8) is 0 Å². The molecular weight excluding hydrogens is 390 g/mol. The Bertz CT molecular complexity index is 1030. The van der Waals surface area contributed by atoms with E-state index in [1.165, 1.54) is 20.8 Å². The summed E-state index contributed by atoms with van der Waals surface area (Å²) >= 11 is 1.81. The van der Waals surface area contributed by atoms with Crippen LogP contribution >= 0.6 is 11.3 Å². The molecule has 5 rings (SSSR count). The first-order valence-electron chi connectivity index (χ1n) is 10.9. The summed E-state index contributed by atoms with van der Waals surface area (Å²) in [6.07, 6.45) is 5.45. The number of rotatable bonds is 4. The average molecular weight is 418 g/mol. The molecule has 0 N–H and O–H groups in total. The fourth-order valence-electron chi connectivity index (χ4n) is 4.57. The molecule has 4 nitrogen and oxygen atoms in total. The highest BCUT2D eigenvalue weighted by Crippen LogP contribution is 2.33. The summed E-state index contributed by atoms with van der Waals surface area (Å²) < 4.78 is 1.26. The second-order valence-electron chi connectivity index (χ2n) is 8.28. The number of nitrogens with zero attached hydrogens (tertiary/aromatic N) is 3. The first-order valence-corrected chi connectivity index (χ1v) is 11.7. The molecule has 3 aromatic rings. The molecule has 154 valence electrons. The zero-order valence-corrected chi connectivity index (χ0v) is 18.0. The van der Waals surface area contributed by atoms with Crippen LogP contribution in [0.2, 0.25) is 0 Å². The van der Waals surface area contributed by atoms with Crippen LogP contribution in [0.15, 0.2) is 60.7 Å². The van der Waals surface area contributed by atoms with Gasteiger partial charge in [-0.15, -0.1) is 11.3 Å². The largest absolute Gasteiger partial charge is 0.338 e. The maximum atomic E-state index is 12.9. The predicted molar refractivity (Wildman–Crippen MR) is 124 cm³/mol. The third-order valence-corrected chi connectivity index (χ3v) is 7.43. The number of carbonyl (C=O) groups excluding carboxylic acids is 1. The minimum absolute atomic E-state index is 0.253. The maximum absolute atomic E-state index is 12.9. The Morgan fingerprint density at radius 2 is 1.90 bits per heavy atom. The number of amides is 1. The van der Waals surface area contributed by atoms with Gasteiger partial charge < -0.3 is 4.90 Å². The molecule has 1 saturated heterocycles. The van der Waals surface area contributed by atoms with Crippen molar-refractivity contribution in [2.75, 3.05) is 32.7 Å². The molecule has 30 heavy (non-hydrogen) atoms. The van der Waals surface area contributed by atoms with Crippen molar-refractivity contribution < 1.29 is 4.79 Å². The van der Waals surface area contributed by atoms with Gasteiger partial charge in [0.25, 0.3) is 0 Å². The molecule has 5 heteroatoms. The minimum Gasteiger partial charge on any atom is -0.338 e. The quantitative estimate of drug-likeness (QED) is 0.612. The zero-order valence-electron chi connectivity index (χ0n) is 17.2. The van der Waals surface area contributed by atoms with E-state index >= 15 is 0 Å². The van der Waals surface area contributed by atoms with Gasteiger partial charge in [0.2, 0.25) is 5.91 Å². The van der Waals surface area contributed by atoms with E-state index < -0.39 is 0 Å². The molecule has 2 aliphatic rings. The van der Waals surface area contributed by atoms with Crippen molar-refractivity contribution in [1.82, 2.24) is 14.8 Å². The van der Waals surface area contributed by atoms with E-state index in [1.54, 1.807) is 0 Å². The van der Waals surface area contributed by atoms with E-state index in [9.17, 15) is 4.79 Å². The predicted octanol–water partition coefficient (Wildman–Crippen LogP) is 4.79. The number of para-hydroxylation sites is 1. The Morgan fingerprint density at radius 1 is 1.07 bits per heavy atom. The van der Waals surface area contributed by atoms with Gasteiger partial charge in [-0.1, -0.05) is 48.5 Å². The molecule has 1 amide bonds.